The number of carboxylic acids is 1. The first kappa shape index (κ1) is 15.7. The molecule has 19 heavy (non-hydrogen) atoms. The van der Waals surface area contributed by atoms with Gasteiger partial charge in [-0.05, 0) is 30.5 Å². The van der Waals surface area contributed by atoms with Gasteiger partial charge in [0.2, 0.25) is 0 Å². The van der Waals surface area contributed by atoms with Crippen LogP contribution in [0.1, 0.15) is 37.5 Å². The van der Waals surface area contributed by atoms with Crippen molar-refractivity contribution in [3.63, 3.8) is 0 Å². The number of rotatable bonds is 7. The van der Waals surface area contributed by atoms with Crippen LogP contribution in [0.3, 0.4) is 0 Å². The summed E-state index contributed by atoms with van der Waals surface area (Å²) in [7, 11) is 1.66. The second kappa shape index (κ2) is 7.26. The minimum absolute atomic E-state index is 0.106. The summed E-state index contributed by atoms with van der Waals surface area (Å²) in [6, 6.07) is 7.25. The first-order chi connectivity index (χ1) is 8.93. The van der Waals surface area contributed by atoms with E-state index < -0.39 is 18.1 Å². The Bertz CT molecular complexity index is 400. The first-order valence-electron chi connectivity index (χ1n) is 6.60. The lowest BCUT2D eigenvalue weighted by atomic mass is 9.96. The Morgan fingerprint density at radius 1 is 1.26 bits per heavy atom. The Kier molecular flexibility index (Phi) is 5.99. The second-order valence-electron chi connectivity index (χ2n) is 5.28. The van der Waals surface area contributed by atoms with Gasteiger partial charge in [-0.2, -0.15) is 0 Å². The van der Waals surface area contributed by atoms with Crippen LogP contribution in [0, 0.1) is 5.92 Å². The van der Waals surface area contributed by atoms with Crippen LogP contribution >= 0.6 is 0 Å². The average molecular weight is 265 g/mol. The Labute approximate surface area is 114 Å². The molecule has 0 amide bonds. The van der Waals surface area contributed by atoms with Crippen molar-refractivity contribution in [2.45, 2.75) is 38.8 Å². The molecule has 0 radical (unpaired) electrons. The van der Waals surface area contributed by atoms with E-state index in [1.54, 1.807) is 7.05 Å². The summed E-state index contributed by atoms with van der Waals surface area (Å²) in [5, 5.41) is 21.8. The number of nitrogens with one attached hydrogen (secondary N) is 1. The van der Waals surface area contributed by atoms with E-state index in [1.165, 1.54) is 5.56 Å². The second-order valence-corrected chi connectivity index (χ2v) is 5.28. The standard InChI is InChI=1S/C15H23NO3/c1-10(2)8-11-4-6-12(7-5-11)15(19)13(16-3)9-14(17)18/h4-7,10,13,15-16,19H,8-9H2,1-3H3,(H,17,18). The van der Waals surface area contributed by atoms with Gasteiger partial charge in [-0.15, -0.1) is 0 Å². The van der Waals surface area contributed by atoms with E-state index in [2.05, 4.69) is 19.2 Å². The van der Waals surface area contributed by atoms with Crippen LogP contribution in [0.4, 0.5) is 0 Å². The van der Waals surface area contributed by atoms with Gasteiger partial charge in [-0.25, -0.2) is 0 Å². The molecule has 1 aromatic rings. The van der Waals surface area contributed by atoms with Crippen LogP contribution < -0.4 is 5.32 Å². The van der Waals surface area contributed by atoms with Crippen molar-refractivity contribution in [2.75, 3.05) is 7.05 Å². The summed E-state index contributed by atoms with van der Waals surface area (Å²) in [4.78, 5) is 10.7. The Morgan fingerprint density at radius 3 is 2.26 bits per heavy atom. The SMILES string of the molecule is CNC(CC(=O)O)C(O)c1ccc(CC(C)C)cc1. The van der Waals surface area contributed by atoms with Crippen molar-refractivity contribution in [3.05, 3.63) is 35.4 Å². The monoisotopic (exact) mass is 265 g/mol. The predicted molar refractivity (Wildman–Crippen MR) is 75.0 cm³/mol. The molecule has 3 N–H and O–H groups in total. The third-order valence-electron chi connectivity index (χ3n) is 3.11. The average Bonchev–Trinajstić information content (AvgIpc) is 2.35. The smallest absolute Gasteiger partial charge is 0.305 e. The number of aliphatic carboxylic acids is 1. The highest BCUT2D eigenvalue weighted by molar-refractivity contribution is 5.67. The van der Waals surface area contributed by atoms with E-state index in [0.29, 0.717) is 5.92 Å². The zero-order chi connectivity index (χ0) is 14.4. The van der Waals surface area contributed by atoms with Gasteiger partial charge >= 0.3 is 5.97 Å². The zero-order valence-electron chi connectivity index (χ0n) is 11.8. The molecule has 0 aliphatic carbocycles. The van der Waals surface area contributed by atoms with E-state index >= 15 is 0 Å². The molecule has 2 atom stereocenters. The molecule has 0 fully saturated rings. The van der Waals surface area contributed by atoms with Crippen molar-refractivity contribution >= 4 is 5.97 Å². The normalized spacial score (nSPS) is 14.4. The van der Waals surface area contributed by atoms with E-state index in [0.717, 1.165) is 12.0 Å². The maximum Gasteiger partial charge on any atom is 0.305 e. The van der Waals surface area contributed by atoms with Gasteiger partial charge < -0.3 is 15.5 Å². The van der Waals surface area contributed by atoms with E-state index in [9.17, 15) is 9.90 Å². The summed E-state index contributed by atoms with van der Waals surface area (Å²) in [6.07, 6.45) is 0.0843. The minimum atomic E-state index is -0.921. The van der Waals surface area contributed by atoms with Gasteiger partial charge in [0.25, 0.3) is 0 Å². The fraction of sp³-hybridized carbons (Fsp3) is 0.533. The van der Waals surface area contributed by atoms with Gasteiger partial charge in [0, 0.05) is 6.04 Å². The molecule has 1 rings (SSSR count). The summed E-state index contributed by atoms with van der Waals surface area (Å²) in [5.41, 5.74) is 1.97. The Morgan fingerprint density at radius 2 is 1.84 bits per heavy atom. The van der Waals surface area contributed by atoms with Crippen molar-refractivity contribution in [1.82, 2.24) is 5.32 Å². The molecular formula is C15H23NO3. The summed E-state index contributed by atoms with van der Waals surface area (Å²) >= 11 is 0. The highest BCUT2D eigenvalue weighted by atomic mass is 16.4. The van der Waals surface area contributed by atoms with E-state index in [1.807, 2.05) is 24.3 Å². The lowest BCUT2D eigenvalue weighted by Gasteiger charge is -2.21. The fourth-order valence-electron chi connectivity index (χ4n) is 2.11. The van der Waals surface area contributed by atoms with Crippen LogP contribution in [0.15, 0.2) is 24.3 Å². The van der Waals surface area contributed by atoms with Gasteiger partial charge in [-0.1, -0.05) is 38.1 Å². The minimum Gasteiger partial charge on any atom is -0.481 e. The molecule has 0 aliphatic heterocycles. The molecule has 0 aromatic heterocycles. The van der Waals surface area contributed by atoms with Crippen molar-refractivity contribution < 1.29 is 15.0 Å². The number of likely N-dealkylation sites (N-methyl/N-ethyl adjacent to an activating group) is 1. The molecule has 0 saturated heterocycles. The summed E-state index contributed by atoms with van der Waals surface area (Å²) in [6.45, 7) is 4.32. The van der Waals surface area contributed by atoms with Crippen LogP contribution in [0.5, 0.6) is 0 Å². The van der Waals surface area contributed by atoms with Crippen LogP contribution in [0.2, 0.25) is 0 Å². The zero-order valence-corrected chi connectivity index (χ0v) is 11.8. The molecule has 1 aromatic carbocycles. The molecular weight excluding hydrogens is 242 g/mol. The van der Waals surface area contributed by atoms with Crippen molar-refractivity contribution in [2.24, 2.45) is 5.92 Å². The maximum atomic E-state index is 10.7. The van der Waals surface area contributed by atoms with Crippen LogP contribution in [-0.2, 0) is 11.2 Å². The topological polar surface area (TPSA) is 69.6 Å². The first-order valence-corrected chi connectivity index (χ1v) is 6.60. The van der Waals surface area contributed by atoms with Gasteiger partial charge in [0.1, 0.15) is 0 Å². The third kappa shape index (κ3) is 5.01. The Hall–Kier alpha value is -1.39. The number of hydrogen-bond acceptors (Lipinski definition) is 3. The van der Waals surface area contributed by atoms with Crippen LogP contribution in [-0.4, -0.2) is 29.3 Å². The van der Waals surface area contributed by atoms with Gasteiger partial charge in [-0.3, -0.25) is 4.79 Å². The lowest BCUT2D eigenvalue weighted by molar-refractivity contribution is -0.138. The molecule has 0 aliphatic rings. The Balaban J connectivity index is 2.75. The maximum absolute atomic E-state index is 10.7. The fourth-order valence-corrected chi connectivity index (χ4v) is 2.11. The number of hydrogen-bond donors (Lipinski definition) is 3. The third-order valence-corrected chi connectivity index (χ3v) is 3.11. The summed E-state index contributed by atoms with van der Waals surface area (Å²) in [5.74, 6) is -0.331. The number of carboxylic acid groups (broad SMARTS) is 1. The molecule has 0 saturated carbocycles. The summed E-state index contributed by atoms with van der Waals surface area (Å²) < 4.78 is 0. The lowest BCUT2D eigenvalue weighted by Crippen LogP contribution is -2.34. The molecule has 0 heterocycles. The molecule has 0 spiro atoms. The van der Waals surface area contributed by atoms with E-state index in [-0.39, 0.29) is 6.42 Å². The van der Waals surface area contributed by atoms with Gasteiger partial charge in [0.15, 0.2) is 0 Å². The highest BCUT2D eigenvalue weighted by Gasteiger charge is 2.21. The van der Waals surface area contributed by atoms with Gasteiger partial charge in [0.05, 0.1) is 12.5 Å². The number of benzene rings is 1. The number of aliphatic hydroxyl groups excluding tert-OH is 1. The van der Waals surface area contributed by atoms with Crippen LogP contribution in [0.25, 0.3) is 0 Å². The molecule has 2 unspecified atom stereocenters. The number of aliphatic hydroxyl groups is 1. The van der Waals surface area contributed by atoms with Crippen molar-refractivity contribution in [3.8, 4) is 0 Å². The number of carbonyl (C=O) groups is 1. The molecule has 4 nitrogen and oxygen atoms in total. The van der Waals surface area contributed by atoms with Crippen molar-refractivity contribution in [1.29, 1.82) is 0 Å². The predicted octanol–water partition coefficient (Wildman–Crippen LogP) is 1.98. The van der Waals surface area contributed by atoms with E-state index in [4.69, 9.17) is 5.11 Å². The molecule has 4 heteroatoms. The quantitative estimate of drug-likeness (QED) is 0.705. The molecule has 106 valence electrons. The molecule has 0 bridgehead atoms. The largest absolute Gasteiger partial charge is 0.481 e. The highest BCUT2D eigenvalue weighted by Crippen LogP contribution is 2.20.